The maximum Gasteiger partial charge on any atom is 0.308 e. The van der Waals surface area contributed by atoms with Gasteiger partial charge in [0.15, 0.2) is 0 Å². The second-order valence-corrected chi connectivity index (χ2v) is 10.5. The van der Waals surface area contributed by atoms with Gasteiger partial charge in [0.1, 0.15) is 0 Å². The molecular formula is C27H46O7. The van der Waals surface area contributed by atoms with Gasteiger partial charge in [0.2, 0.25) is 0 Å². The van der Waals surface area contributed by atoms with Crippen molar-refractivity contribution < 1.29 is 33.6 Å². The summed E-state index contributed by atoms with van der Waals surface area (Å²) in [5, 5.41) is 9.97. The van der Waals surface area contributed by atoms with Gasteiger partial charge in [-0.15, -0.1) is 0 Å². The van der Waals surface area contributed by atoms with E-state index in [9.17, 15) is 9.90 Å². The molecule has 0 aromatic heterocycles. The van der Waals surface area contributed by atoms with Crippen LogP contribution in [0.1, 0.15) is 60.8 Å². The zero-order valence-corrected chi connectivity index (χ0v) is 22.4. The van der Waals surface area contributed by atoms with Gasteiger partial charge in [-0.2, -0.15) is 0 Å². The van der Waals surface area contributed by atoms with Gasteiger partial charge in [0, 0.05) is 20.1 Å². The quantitative estimate of drug-likeness (QED) is 0.255. The normalized spacial score (nSPS) is 35.6. The van der Waals surface area contributed by atoms with Crippen LogP contribution in [0, 0.1) is 17.8 Å². The number of esters is 1. The van der Waals surface area contributed by atoms with E-state index in [0.29, 0.717) is 5.92 Å². The lowest BCUT2D eigenvalue weighted by molar-refractivity contribution is -0.163. The third-order valence-electron chi connectivity index (χ3n) is 7.41. The number of hydrogen-bond acceptors (Lipinski definition) is 7. The van der Waals surface area contributed by atoms with E-state index in [4.69, 9.17) is 23.7 Å². The molecule has 2 rings (SSSR count). The fourth-order valence-corrected chi connectivity index (χ4v) is 5.59. The number of carbonyl (C=O) groups excluding carboxylic acids is 1. The van der Waals surface area contributed by atoms with Crippen LogP contribution in [0.5, 0.6) is 0 Å². The molecule has 0 saturated carbocycles. The molecular weight excluding hydrogens is 436 g/mol. The highest BCUT2D eigenvalue weighted by molar-refractivity contribution is 5.69. The smallest absolute Gasteiger partial charge is 0.308 e. The number of epoxide rings is 1. The van der Waals surface area contributed by atoms with Gasteiger partial charge in [-0.25, -0.2) is 0 Å². The Labute approximate surface area is 205 Å². The zero-order chi connectivity index (χ0) is 25.6. The van der Waals surface area contributed by atoms with Crippen molar-refractivity contribution in [2.45, 2.75) is 103 Å². The van der Waals surface area contributed by atoms with E-state index >= 15 is 0 Å². The first-order valence-electron chi connectivity index (χ1n) is 12.5. The zero-order valence-electron chi connectivity index (χ0n) is 22.4. The predicted octanol–water partition coefficient (Wildman–Crippen LogP) is 4.08. The van der Waals surface area contributed by atoms with E-state index < -0.39 is 6.10 Å². The van der Waals surface area contributed by atoms with Crippen molar-refractivity contribution in [2.75, 3.05) is 21.3 Å². The molecule has 2 aliphatic rings. The molecule has 2 aliphatic heterocycles. The number of carbonyl (C=O) groups is 1. The Kier molecular flexibility index (Phi) is 10.8. The van der Waals surface area contributed by atoms with Crippen molar-refractivity contribution in [2.24, 2.45) is 17.8 Å². The Balaban J connectivity index is 1.94. The van der Waals surface area contributed by atoms with E-state index in [1.165, 1.54) is 7.11 Å². The maximum atomic E-state index is 11.8. The molecule has 0 amide bonds. The molecule has 0 aromatic rings. The number of aliphatic hydroxyl groups is 1. The molecule has 0 unspecified atom stereocenters. The highest BCUT2D eigenvalue weighted by Gasteiger charge is 2.56. The van der Waals surface area contributed by atoms with Crippen LogP contribution in [0.4, 0.5) is 0 Å². The maximum absolute atomic E-state index is 11.8. The summed E-state index contributed by atoms with van der Waals surface area (Å²) in [7, 11) is 4.69. The van der Waals surface area contributed by atoms with Gasteiger partial charge < -0.3 is 28.8 Å². The third-order valence-corrected chi connectivity index (χ3v) is 7.41. The Morgan fingerprint density at radius 3 is 2.47 bits per heavy atom. The molecule has 1 N–H and O–H groups in total. The molecule has 2 fully saturated rings. The van der Waals surface area contributed by atoms with Gasteiger partial charge in [0.05, 0.1) is 55.8 Å². The van der Waals surface area contributed by atoms with Crippen LogP contribution in [0.3, 0.4) is 0 Å². The molecule has 7 nitrogen and oxygen atoms in total. The minimum Gasteiger partial charge on any atom is -0.469 e. The fourth-order valence-electron chi connectivity index (χ4n) is 5.59. The molecule has 0 radical (unpaired) electrons. The van der Waals surface area contributed by atoms with E-state index in [1.807, 2.05) is 0 Å². The van der Waals surface area contributed by atoms with Crippen molar-refractivity contribution in [1.82, 2.24) is 0 Å². The van der Waals surface area contributed by atoms with Crippen LogP contribution in [-0.2, 0) is 28.5 Å². The first kappa shape index (κ1) is 29.0. The van der Waals surface area contributed by atoms with Gasteiger partial charge >= 0.3 is 5.97 Å². The Hall–Kier alpha value is -1.25. The number of methoxy groups -OCH3 is 3. The number of rotatable bonds is 12. The second kappa shape index (κ2) is 12.6. The van der Waals surface area contributed by atoms with Crippen LogP contribution in [0.25, 0.3) is 0 Å². The second-order valence-electron chi connectivity index (χ2n) is 10.5. The van der Waals surface area contributed by atoms with E-state index in [0.717, 1.165) is 18.4 Å². The summed E-state index contributed by atoms with van der Waals surface area (Å²) in [6, 6.07) is 0. The van der Waals surface area contributed by atoms with Crippen molar-refractivity contribution in [3.63, 3.8) is 0 Å². The van der Waals surface area contributed by atoms with Crippen LogP contribution in [0.15, 0.2) is 23.8 Å². The molecule has 2 heterocycles. The summed E-state index contributed by atoms with van der Waals surface area (Å²) in [6.07, 6.45) is 7.12. The average Bonchev–Trinajstić information content (AvgIpc) is 3.44. The average molecular weight is 483 g/mol. The molecule has 7 heteroatoms. The van der Waals surface area contributed by atoms with Crippen LogP contribution in [0.2, 0.25) is 0 Å². The van der Waals surface area contributed by atoms with Gasteiger partial charge in [0.25, 0.3) is 0 Å². The Bertz CT molecular complexity index is 718. The molecule has 0 aliphatic carbocycles. The van der Waals surface area contributed by atoms with Gasteiger partial charge in [-0.05, 0) is 51.0 Å². The molecule has 10 atom stereocenters. The Morgan fingerprint density at radius 2 is 1.91 bits per heavy atom. The summed E-state index contributed by atoms with van der Waals surface area (Å²) in [4.78, 5) is 11.8. The summed E-state index contributed by atoms with van der Waals surface area (Å²) < 4.78 is 28.3. The van der Waals surface area contributed by atoms with Crippen molar-refractivity contribution in [3.05, 3.63) is 23.8 Å². The minimum absolute atomic E-state index is 0.0676. The molecule has 0 aromatic carbocycles. The van der Waals surface area contributed by atoms with Crippen molar-refractivity contribution in [1.29, 1.82) is 0 Å². The minimum atomic E-state index is -0.533. The topological polar surface area (TPSA) is 86.8 Å². The molecule has 0 bridgehead atoms. The van der Waals surface area contributed by atoms with Crippen molar-refractivity contribution in [3.8, 4) is 0 Å². The fraction of sp³-hybridized carbons (Fsp3) is 0.815. The van der Waals surface area contributed by atoms with Gasteiger partial charge in [-0.3, -0.25) is 4.79 Å². The molecule has 34 heavy (non-hydrogen) atoms. The van der Waals surface area contributed by atoms with Crippen LogP contribution < -0.4 is 0 Å². The Morgan fingerprint density at radius 1 is 1.24 bits per heavy atom. The number of allylic oxidation sites excluding steroid dienone is 3. The molecule has 2 saturated heterocycles. The SMILES string of the molecule is COC(=O)C[C@@H]1O[C@H](/C(C)=C/C=C/[C@@H](C)C[C@@]2(C)O[C@@H]2[C@H](C)[C@@H](OC)[C@@H](C)O)[C@@H](C)C[C@H]1OC. The lowest BCUT2D eigenvalue weighted by atomic mass is 9.85. The van der Waals surface area contributed by atoms with Gasteiger partial charge in [-0.1, -0.05) is 39.0 Å². The lowest BCUT2D eigenvalue weighted by Gasteiger charge is -2.40. The summed E-state index contributed by atoms with van der Waals surface area (Å²) in [5.41, 5.74) is 0.922. The highest BCUT2D eigenvalue weighted by Crippen LogP contribution is 2.47. The largest absolute Gasteiger partial charge is 0.469 e. The van der Waals surface area contributed by atoms with E-state index in [-0.39, 0.29) is 60.3 Å². The number of ether oxygens (including phenoxy) is 5. The monoisotopic (exact) mass is 482 g/mol. The first-order valence-corrected chi connectivity index (χ1v) is 12.5. The number of aliphatic hydroxyl groups excluding tert-OH is 1. The van der Waals surface area contributed by atoms with Crippen molar-refractivity contribution >= 4 is 5.97 Å². The standard InChI is InChI=1S/C27H46O7/c1-16(15-27(6)26(34-27)19(4)25(32-9)20(5)28)11-10-12-17(2)24-18(3)13-21(30-7)22(33-24)14-23(29)31-8/h10-12,16,18-22,24-26,28H,13-15H2,1-9H3/b11-10+,17-12+/t16-,18+,19-,20-,21-,22+,24-,25-,26-,27-/m1/s1. The summed E-state index contributed by atoms with van der Waals surface area (Å²) >= 11 is 0. The van der Waals surface area contributed by atoms with Crippen LogP contribution in [-0.4, -0.2) is 74.6 Å². The van der Waals surface area contributed by atoms with E-state index in [1.54, 1.807) is 21.1 Å². The first-order chi connectivity index (χ1) is 16.0. The predicted molar refractivity (Wildman–Crippen MR) is 131 cm³/mol. The summed E-state index contributed by atoms with van der Waals surface area (Å²) in [5.74, 6) is 0.439. The lowest BCUT2D eigenvalue weighted by Crippen LogP contribution is -2.45. The van der Waals surface area contributed by atoms with E-state index in [2.05, 4.69) is 52.8 Å². The third kappa shape index (κ3) is 7.37. The number of hydrogen-bond donors (Lipinski definition) is 1. The molecule has 196 valence electrons. The molecule has 0 spiro atoms. The summed E-state index contributed by atoms with van der Waals surface area (Å²) in [6.45, 7) is 12.4. The highest BCUT2D eigenvalue weighted by atomic mass is 16.6. The van der Waals surface area contributed by atoms with Crippen LogP contribution >= 0.6 is 0 Å².